The van der Waals surface area contributed by atoms with E-state index in [0.717, 1.165) is 18.2 Å². The summed E-state index contributed by atoms with van der Waals surface area (Å²) in [5, 5.41) is 8.39. The van der Waals surface area contributed by atoms with Crippen LogP contribution in [0.15, 0.2) is 18.2 Å². The zero-order valence-electron chi connectivity index (χ0n) is 8.13. The van der Waals surface area contributed by atoms with Crippen LogP contribution in [0.2, 0.25) is 0 Å². The molecule has 0 aliphatic carbocycles. The SMILES string of the molecule is CC(CC#N)C(=O)c1cc(F)ccc1F. The monoisotopic (exact) mass is 209 g/mol. The van der Waals surface area contributed by atoms with Crippen LogP contribution in [0.4, 0.5) is 8.78 Å². The summed E-state index contributed by atoms with van der Waals surface area (Å²) in [5.74, 6) is -2.59. The van der Waals surface area contributed by atoms with Crippen molar-refractivity contribution in [2.24, 2.45) is 5.92 Å². The molecule has 0 bridgehead atoms. The van der Waals surface area contributed by atoms with E-state index in [1.807, 2.05) is 6.07 Å². The van der Waals surface area contributed by atoms with Gasteiger partial charge in [-0.2, -0.15) is 5.26 Å². The lowest BCUT2D eigenvalue weighted by atomic mass is 9.96. The number of ketones is 1. The second-order valence-corrected chi connectivity index (χ2v) is 3.25. The van der Waals surface area contributed by atoms with Gasteiger partial charge in [-0.1, -0.05) is 6.92 Å². The van der Waals surface area contributed by atoms with Gasteiger partial charge in [0.2, 0.25) is 0 Å². The maximum Gasteiger partial charge on any atom is 0.169 e. The average Bonchev–Trinajstić information content (AvgIpc) is 2.21. The number of carbonyl (C=O) groups is 1. The Hall–Kier alpha value is -1.76. The van der Waals surface area contributed by atoms with Crippen LogP contribution in [0, 0.1) is 28.9 Å². The quantitative estimate of drug-likeness (QED) is 0.718. The van der Waals surface area contributed by atoms with Gasteiger partial charge in [0.25, 0.3) is 0 Å². The fraction of sp³-hybridized carbons (Fsp3) is 0.273. The molecule has 1 rings (SSSR count). The average molecular weight is 209 g/mol. The Morgan fingerprint density at radius 2 is 2.20 bits per heavy atom. The molecule has 0 amide bonds. The van der Waals surface area contributed by atoms with Gasteiger partial charge >= 0.3 is 0 Å². The molecule has 0 aliphatic rings. The van der Waals surface area contributed by atoms with Gasteiger partial charge in [0, 0.05) is 12.3 Å². The summed E-state index contributed by atoms with van der Waals surface area (Å²) in [7, 11) is 0. The maximum absolute atomic E-state index is 13.2. The van der Waals surface area contributed by atoms with E-state index in [1.165, 1.54) is 6.92 Å². The first-order valence-corrected chi connectivity index (χ1v) is 4.42. The standard InChI is InChI=1S/C11H9F2NO/c1-7(4-5-14)11(15)9-6-8(12)2-3-10(9)13/h2-3,6-7H,4H2,1H3. The Morgan fingerprint density at radius 3 is 2.80 bits per heavy atom. The molecule has 0 fully saturated rings. The van der Waals surface area contributed by atoms with Crippen LogP contribution in [0.1, 0.15) is 23.7 Å². The normalized spacial score (nSPS) is 11.9. The molecule has 4 heteroatoms. The Bertz CT molecular complexity index is 423. The summed E-state index contributed by atoms with van der Waals surface area (Å²) in [6.45, 7) is 1.51. The number of halogens is 2. The third-order valence-corrected chi connectivity index (χ3v) is 2.04. The lowest BCUT2D eigenvalue weighted by Crippen LogP contribution is -2.12. The minimum absolute atomic E-state index is 0.00517. The van der Waals surface area contributed by atoms with E-state index in [0.29, 0.717) is 0 Å². The van der Waals surface area contributed by atoms with Crippen molar-refractivity contribution < 1.29 is 13.6 Å². The topological polar surface area (TPSA) is 40.9 Å². The maximum atomic E-state index is 13.2. The summed E-state index contributed by atoms with van der Waals surface area (Å²) in [5.41, 5.74) is -0.294. The third-order valence-electron chi connectivity index (χ3n) is 2.04. The van der Waals surface area contributed by atoms with Crippen molar-refractivity contribution >= 4 is 5.78 Å². The Kier molecular flexibility index (Phi) is 3.51. The van der Waals surface area contributed by atoms with E-state index in [2.05, 4.69) is 0 Å². The van der Waals surface area contributed by atoms with E-state index in [4.69, 9.17) is 5.26 Å². The molecule has 0 N–H and O–H groups in total. The largest absolute Gasteiger partial charge is 0.294 e. The molecular weight excluding hydrogens is 200 g/mol. The molecule has 1 aromatic rings. The highest BCUT2D eigenvalue weighted by Crippen LogP contribution is 2.16. The van der Waals surface area contributed by atoms with E-state index in [-0.39, 0.29) is 12.0 Å². The number of benzene rings is 1. The van der Waals surface area contributed by atoms with Crippen molar-refractivity contribution in [1.29, 1.82) is 5.26 Å². The van der Waals surface area contributed by atoms with Crippen LogP contribution in [0.25, 0.3) is 0 Å². The number of Topliss-reactive ketones (excluding diaryl/α,β-unsaturated/α-hetero) is 1. The predicted octanol–water partition coefficient (Wildman–Crippen LogP) is 2.70. The van der Waals surface area contributed by atoms with Gasteiger partial charge in [0.1, 0.15) is 11.6 Å². The number of hydrogen-bond acceptors (Lipinski definition) is 2. The lowest BCUT2D eigenvalue weighted by molar-refractivity contribution is 0.0927. The minimum atomic E-state index is -0.758. The van der Waals surface area contributed by atoms with Crippen LogP contribution in [-0.2, 0) is 0 Å². The van der Waals surface area contributed by atoms with Gasteiger partial charge in [-0.15, -0.1) is 0 Å². The first kappa shape index (κ1) is 11.3. The molecule has 2 nitrogen and oxygen atoms in total. The van der Waals surface area contributed by atoms with Gasteiger partial charge < -0.3 is 0 Å². The zero-order valence-corrected chi connectivity index (χ0v) is 8.13. The van der Waals surface area contributed by atoms with Gasteiger partial charge in [-0.25, -0.2) is 8.78 Å². The molecule has 0 heterocycles. The summed E-state index contributed by atoms with van der Waals surface area (Å²) >= 11 is 0. The Balaban J connectivity index is 3.01. The fourth-order valence-electron chi connectivity index (χ4n) is 1.18. The minimum Gasteiger partial charge on any atom is -0.294 e. The van der Waals surface area contributed by atoms with Crippen molar-refractivity contribution in [1.82, 2.24) is 0 Å². The molecule has 0 spiro atoms. The van der Waals surface area contributed by atoms with E-state index >= 15 is 0 Å². The summed E-state index contributed by atoms with van der Waals surface area (Å²) in [6.07, 6.45) is -0.00517. The smallest absolute Gasteiger partial charge is 0.169 e. The Morgan fingerprint density at radius 1 is 1.53 bits per heavy atom. The van der Waals surface area contributed by atoms with Crippen LogP contribution >= 0.6 is 0 Å². The molecule has 0 saturated carbocycles. The number of hydrogen-bond donors (Lipinski definition) is 0. The van der Waals surface area contributed by atoms with Crippen molar-refractivity contribution in [2.75, 3.05) is 0 Å². The molecule has 15 heavy (non-hydrogen) atoms. The summed E-state index contributed by atoms with van der Waals surface area (Å²) < 4.78 is 25.9. The highest BCUT2D eigenvalue weighted by Gasteiger charge is 2.18. The summed E-state index contributed by atoms with van der Waals surface area (Å²) in [4.78, 5) is 11.5. The number of nitriles is 1. The van der Waals surface area contributed by atoms with Gasteiger partial charge in [0.15, 0.2) is 5.78 Å². The van der Waals surface area contributed by atoms with E-state index in [1.54, 1.807) is 0 Å². The second kappa shape index (κ2) is 4.65. The summed E-state index contributed by atoms with van der Waals surface area (Å²) in [6, 6.07) is 4.52. The highest BCUT2D eigenvalue weighted by molar-refractivity contribution is 5.98. The molecule has 0 aromatic heterocycles. The van der Waals surface area contributed by atoms with Crippen LogP contribution in [0.3, 0.4) is 0 Å². The number of rotatable bonds is 3. The molecule has 0 saturated heterocycles. The van der Waals surface area contributed by atoms with Crippen LogP contribution < -0.4 is 0 Å². The molecule has 1 aromatic carbocycles. The van der Waals surface area contributed by atoms with E-state index < -0.39 is 23.3 Å². The van der Waals surface area contributed by atoms with Crippen LogP contribution in [0.5, 0.6) is 0 Å². The Labute approximate surface area is 86.1 Å². The fourth-order valence-corrected chi connectivity index (χ4v) is 1.18. The van der Waals surface area contributed by atoms with Gasteiger partial charge in [-0.3, -0.25) is 4.79 Å². The second-order valence-electron chi connectivity index (χ2n) is 3.25. The van der Waals surface area contributed by atoms with Gasteiger partial charge in [0.05, 0.1) is 11.6 Å². The van der Waals surface area contributed by atoms with Crippen LogP contribution in [-0.4, -0.2) is 5.78 Å². The lowest BCUT2D eigenvalue weighted by Gasteiger charge is -2.06. The van der Waals surface area contributed by atoms with Crippen molar-refractivity contribution in [3.63, 3.8) is 0 Å². The third kappa shape index (κ3) is 2.59. The molecule has 0 radical (unpaired) electrons. The van der Waals surface area contributed by atoms with Crippen molar-refractivity contribution in [3.05, 3.63) is 35.4 Å². The van der Waals surface area contributed by atoms with Gasteiger partial charge in [-0.05, 0) is 18.2 Å². The first-order valence-electron chi connectivity index (χ1n) is 4.42. The number of nitrogens with zero attached hydrogens (tertiary/aromatic N) is 1. The van der Waals surface area contributed by atoms with E-state index in [9.17, 15) is 13.6 Å². The molecule has 78 valence electrons. The number of carbonyl (C=O) groups excluding carboxylic acids is 1. The molecule has 0 aliphatic heterocycles. The zero-order chi connectivity index (χ0) is 11.4. The molecule has 1 unspecified atom stereocenters. The predicted molar refractivity (Wildman–Crippen MR) is 50.1 cm³/mol. The highest BCUT2D eigenvalue weighted by atomic mass is 19.1. The van der Waals surface area contributed by atoms with Crippen molar-refractivity contribution in [3.8, 4) is 6.07 Å². The molecule has 1 atom stereocenters. The van der Waals surface area contributed by atoms with Crippen molar-refractivity contribution in [2.45, 2.75) is 13.3 Å². The first-order chi connectivity index (χ1) is 7.06. The molecular formula is C11H9F2NO.